The lowest BCUT2D eigenvalue weighted by molar-refractivity contribution is 0.0681. The number of nitrogens with one attached hydrogen (secondary N) is 1. The predicted molar refractivity (Wildman–Crippen MR) is 147 cm³/mol. The van der Waals surface area contributed by atoms with Crippen molar-refractivity contribution < 1.29 is 14.0 Å². The smallest absolute Gasteiger partial charge is 0.253 e. The van der Waals surface area contributed by atoms with Crippen molar-refractivity contribution in [3.05, 3.63) is 89.4 Å². The first kappa shape index (κ1) is 26.1. The van der Waals surface area contributed by atoms with Crippen LogP contribution in [0.15, 0.2) is 66.9 Å². The van der Waals surface area contributed by atoms with Gasteiger partial charge in [-0.15, -0.1) is 0 Å². The molecule has 4 aromatic rings. The number of rotatable bonds is 7. The summed E-state index contributed by atoms with van der Waals surface area (Å²) in [5, 5.41) is 17.1. The quantitative estimate of drug-likeness (QED) is 0.331. The molecule has 1 aliphatic rings. The molecule has 0 radical (unpaired) electrons. The van der Waals surface area contributed by atoms with E-state index in [-0.39, 0.29) is 24.1 Å². The Bertz CT molecular complexity index is 1530. The molecule has 39 heavy (non-hydrogen) atoms. The van der Waals surface area contributed by atoms with Crippen LogP contribution in [0.3, 0.4) is 0 Å². The normalized spacial score (nSPS) is 13.8. The van der Waals surface area contributed by atoms with E-state index in [1.165, 1.54) is 12.1 Å². The molecule has 0 aliphatic carbocycles. The third kappa shape index (κ3) is 5.83. The summed E-state index contributed by atoms with van der Waals surface area (Å²) in [6.07, 6.45) is 4.05. The van der Waals surface area contributed by atoms with E-state index in [0.717, 1.165) is 47.0 Å². The molecule has 3 aromatic carbocycles. The van der Waals surface area contributed by atoms with Crippen molar-refractivity contribution in [2.75, 3.05) is 19.6 Å². The largest absolute Gasteiger partial charge is 0.351 e. The van der Waals surface area contributed by atoms with Crippen molar-refractivity contribution in [3.63, 3.8) is 0 Å². The number of likely N-dealkylation sites (tertiary alicyclic amines) is 1. The number of fused-ring (bicyclic) bond motifs is 1. The number of amides is 2. The van der Waals surface area contributed by atoms with Gasteiger partial charge in [0.05, 0.1) is 18.0 Å². The molecule has 0 saturated carbocycles. The molecule has 1 fully saturated rings. The monoisotopic (exact) mass is 523 g/mol. The highest BCUT2D eigenvalue weighted by molar-refractivity contribution is 6.00. The first-order valence-corrected chi connectivity index (χ1v) is 13.2. The second-order valence-electron chi connectivity index (χ2n) is 10.0. The number of benzene rings is 3. The van der Waals surface area contributed by atoms with Gasteiger partial charge < -0.3 is 10.2 Å². The minimum absolute atomic E-state index is 0.0279. The number of halogens is 1. The van der Waals surface area contributed by atoms with E-state index < -0.39 is 0 Å². The van der Waals surface area contributed by atoms with Crippen molar-refractivity contribution in [2.45, 2.75) is 32.7 Å². The predicted octanol–water partition coefficient (Wildman–Crippen LogP) is 5.35. The number of nitrogens with zero attached hydrogens (tertiary/aromatic N) is 4. The van der Waals surface area contributed by atoms with Crippen molar-refractivity contribution in [2.24, 2.45) is 5.92 Å². The van der Waals surface area contributed by atoms with Gasteiger partial charge in [-0.25, -0.2) is 4.39 Å². The van der Waals surface area contributed by atoms with Crippen LogP contribution >= 0.6 is 0 Å². The maximum Gasteiger partial charge on any atom is 0.253 e. The first-order chi connectivity index (χ1) is 18.9. The van der Waals surface area contributed by atoms with Gasteiger partial charge in [-0.1, -0.05) is 24.3 Å². The Morgan fingerprint density at radius 3 is 2.36 bits per heavy atom. The van der Waals surface area contributed by atoms with Crippen molar-refractivity contribution in [1.29, 1.82) is 5.26 Å². The lowest BCUT2D eigenvalue weighted by atomic mass is 9.96. The van der Waals surface area contributed by atoms with E-state index in [1.807, 2.05) is 59.1 Å². The molecule has 0 atom stereocenters. The summed E-state index contributed by atoms with van der Waals surface area (Å²) in [6.45, 7) is 4.39. The van der Waals surface area contributed by atoms with Crippen LogP contribution in [0, 0.1) is 30.0 Å². The highest BCUT2D eigenvalue weighted by Crippen LogP contribution is 2.25. The lowest BCUT2D eigenvalue weighted by Gasteiger charge is -2.32. The van der Waals surface area contributed by atoms with Crippen LogP contribution in [-0.2, 0) is 6.54 Å². The molecule has 7 nitrogen and oxygen atoms in total. The maximum absolute atomic E-state index is 13.2. The number of aromatic nitrogens is 2. The first-order valence-electron chi connectivity index (χ1n) is 13.2. The highest BCUT2D eigenvalue weighted by atomic mass is 19.1. The average molecular weight is 524 g/mol. The summed E-state index contributed by atoms with van der Waals surface area (Å²) >= 11 is 0. The molecule has 2 amide bonds. The zero-order valence-electron chi connectivity index (χ0n) is 21.9. The summed E-state index contributed by atoms with van der Waals surface area (Å²) in [4.78, 5) is 27.5. The zero-order chi connectivity index (χ0) is 27.4. The Balaban J connectivity index is 1.18. The standard InChI is InChI=1S/C31H30FN5O2/c1-21-27(30(38)34-16-2-15-33)11-12-29-28(21)20-37(35-29)19-22-13-17-36(18-14-22)31(39)25-5-3-23(4-6-25)24-7-9-26(32)10-8-24/h3-12,20,22H,2,13-14,16-19H2,1H3,(H,34,38). The van der Waals surface area contributed by atoms with Gasteiger partial charge in [0.2, 0.25) is 0 Å². The fraction of sp³-hybridized carbons (Fsp3) is 0.290. The van der Waals surface area contributed by atoms with Gasteiger partial charge in [0.25, 0.3) is 11.8 Å². The summed E-state index contributed by atoms with van der Waals surface area (Å²) in [5.74, 6) is -0.0228. The van der Waals surface area contributed by atoms with Crippen LogP contribution in [0.25, 0.3) is 22.0 Å². The Morgan fingerprint density at radius 1 is 1.03 bits per heavy atom. The minimum atomic E-state index is -0.271. The van der Waals surface area contributed by atoms with Gasteiger partial charge in [-0.3, -0.25) is 14.3 Å². The number of aryl methyl sites for hydroxylation is 1. The molecular formula is C31H30FN5O2. The van der Waals surface area contributed by atoms with E-state index in [0.29, 0.717) is 36.7 Å². The number of hydrogen-bond acceptors (Lipinski definition) is 4. The van der Waals surface area contributed by atoms with Crippen LogP contribution in [-0.4, -0.2) is 46.1 Å². The highest BCUT2D eigenvalue weighted by Gasteiger charge is 2.24. The van der Waals surface area contributed by atoms with E-state index in [2.05, 4.69) is 5.32 Å². The molecule has 0 bridgehead atoms. The lowest BCUT2D eigenvalue weighted by Crippen LogP contribution is -2.39. The molecule has 1 saturated heterocycles. The number of nitriles is 1. The number of hydrogen-bond donors (Lipinski definition) is 1. The molecule has 1 N–H and O–H groups in total. The number of piperidine rings is 1. The van der Waals surface area contributed by atoms with E-state index >= 15 is 0 Å². The Kier molecular flexibility index (Phi) is 7.69. The molecule has 198 valence electrons. The molecule has 8 heteroatoms. The van der Waals surface area contributed by atoms with Crippen molar-refractivity contribution in [1.82, 2.24) is 20.0 Å². The summed E-state index contributed by atoms with van der Waals surface area (Å²) in [6, 6.07) is 19.5. The van der Waals surface area contributed by atoms with Crippen molar-refractivity contribution in [3.8, 4) is 17.2 Å². The second-order valence-corrected chi connectivity index (χ2v) is 10.0. The fourth-order valence-corrected chi connectivity index (χ4v) is 5.16. The molecule has 0 spiro atoms. The molecule has 1 aromatic heterocycles. The van der Waals surface area contributed by atoms with Crippen LogP contribution in [0.4, 0.5) is 4.39 Å². The van der Waals surface area contributed by atoms with E-state index in [1.54, 1.807) is 18.2 Å². The van der Waals surface area contributed by atoms with Gasteiger partial charge in [-0.2, -0.15) is 10.4 Å². The number of carbonyl (C=O) groups is 2. The van der Waals surface area contributed by atoms with Crippen LogP contribution in [0.1, 0.15) is 45.5 Å². The molecular weight excluding hydrogens is 493 g/mol. The SMILES string of the molecule is Cc1c(C(=O)NCCC#N)ccc2nn(CC3CCN(C(=O)c4ccc(-c5ccc(F)cc5)cc4)CC3)cc12. The molecule has 1 aliphatic heterocycles. The van der Waals surface area contributed by atoms with E-state index in [9.17, 15) is 14.0 Å². The Hall–Kier alpha value is -4.51. The average Bonchev–Trinajstić information content (AvgIpc) is 3.37. The maximum atomic E-state index is 13.2. The number of carbonyl (C=O) groups excluding carboxylic acids is 2. The summed E-state index contributed by atoms with van der Waals surface area (Å²) < 4.78 is 15.2. The Labute approximate surface area is 226 Å². The summed E-state index contributed by atoms with van der Waals surface area (Å²) in [7, 11) is 0. The second kappa shape index (κ2) is 11.5. The van der Waals surface area contributed by atoms with Gasteiger partial charge in [0.1, 0.15) is 5.82 Å². The van der Waals surface area contributed by atoms with Gasteiger partial charge in [0.15, 0.2) is 0 Å². The Morgan fingerprint density at radius 2 is 1.69 bits per heavy atom. The zero-order valence-corrected chi connectivity index (χ0v) is 21.9. The van der Waals surface area contributed by atoms with Gasteiger partial charge in [0, 0.05) is 48.9 Å². The molecule has 2 heterocycles. The minimum Gasteiger partial charge on any atom is -0.351 e. The van der Waals surface area contributed by atoms with Crippen LogP contribution in [0.5, 0.6) is 0 Å². The van der Waals surface area contributed by atoms with Crippen molar-refractivity contribution >= 4 is 22.7 Å². The molecule has 5 rings (SSSR count). The fourth-order valence-electron chi connectivity index (χ4n) is 5.16. The third-order valence-corrected chi connectivity index (χ3v) is 7.43. The third-order valence-electron chi connectivity index (χ3n) is 7.43. The van der Waals surface area contributed by atoms with Crippen LogP contribution < -0.4 is 5.32 Å². The topological polar surface area (TPSA) is 91.0 Å². The molecule has 0 unspecified atom stereocenters. The van der Waals surface area contributed by atoms with Crippen LogP contribution in [0.2, 0.25) is 0 Å². The van der Waals surface area contributed by atoms with Gasteiger partial charge >= 0.3 is 0 Å². The van der Waals surface area contributed by atoms with Gasteiger partial charge in [-0.05, 0) is 78.8 Å². The summed E-state index contributed by atoms with van der Waals surface area (Å²) in [5.41, 5.74) is 4.82. The van der Waals surface area contributed by atoms with E-state index in [4.69, 9.17) is 10.4 Å².